The number of sulfone groups is 1. The summed E-state index contributed by atoms with van der Waals surface area (Å²) in [5.41, 5.74) is 1.27. The summed E-state index contributed by atoms with van der Waals surface area (Å²) in [6, 6.07) is 8.07. The van der Waals surface area contributed by atoms with Gasteiger partial charge in [-0.25, -0.2) is 8.42 Å². The van der Waals surface area contributed by atoms with Gasteiger partial charge in [0.1, 0.15) is 12.5 Å². The van der Waals surface area contributed by atoms with Crippen LogP contribution < -0.4 is 10.1 Å². The summed E-state index contributed by atoms with van der Waals surface area (Å²) >= 11 is 0. The van der Waals surface area contributed by atoms with Crippen LogP contribution in [-0.4, -0.2) is 32.7 Å². The maximum Gasteiger partial charge on any atom is 0.151 e. The van der Waals surface area contributed by atoms with Crippen molar-refractivity contribution in [1.82, 2.24) is 5.32 Å². The molecule has 0 aromatic heterocycles. The molecule has 1 aliphatic rings. The minimum Gasteiger partial charge on any atom is -0.478 e. The van der Waals surface area contributed by atoms with Crippen molar-refractivity contribution in [2.24, 2.45) is 0 Å². The molecule has 19 heavy (non-hydrogen) atoms. The molecule has 0 spiro atoms. The number of rotatable bonds is 6. The lowest BCUT2D eigenvalue weighted by Crippen LogP contribution is -2.33. The quantitative estimate of drug-likeness (QED) is 0.808. The minimum atomic E-state index is -2.82. The van der Waals surface area contributed by atoms with Crippen molar-refractivity contribution in [3.63, 3.8) is 0 Å². The molecule has 1 unspecified atom stereocenters. The Bertz CT molecular complexity index is 513. The van der Waals surface area contributed by atoms with E-state index >= 15 is 0 Å². The van der Waals surface area contributed by atoms with Gasteiger partial charge in [0.2, 0.25) is 0 Å². The highest BCUT2D eigenvalue weighted by atomic mass is 32.2. The van der Waals surface area contributed by atoms with Gasteiger partial charge in [-0.2, -0.15) is 0 Å². The van der Waals surface area contributed by atoms with E-state index in [1.54, 1.807) is 0 Å². The molecule has 4 nitrogen and oxygen atoms in total. The van der Waals surface area contributed by atoms with Crippen LogP contribution in [0, 0.1) is 0 Å². The van der Waals surface area contributed by atoms with Crippen LogP contribution in [0.5, 0.6) is 5.75 Å². The van der Waals surface area contributed by atoms with Crippen molar-refractivity contribution in [3.05, 3.63) is 29.8 Å². The summed E-state index contributed by atoms with van der Waals surface area (Å²) in [4.78, 5) is 0. The van der Waals surface area contributed by atoms with Crippen LogP contribution in [0.25, 0.3) is 0 Å². The number of hydrogen-bond acceptors (Lipinski definition) is 4. The third-order valence-corrected chi connectivity index (χ3v) is 5.05. The topological polar surface area (TPSA) is 55.4 Å². The Labute approximate surface area is 115 Å². The molecule has 106 valence electrons. The maximum atomic E-state index is 11.3. The highest BCUT2D eigenvalue weighted by Gasteiger charge is 2.27. The van der Waals surface area contributed by atoms with E-state index in [1.807, 2.05) is 18.2 Å². The van der Waals surface area contributed by atoms with Crippen molar-refractivity contribution in [2.75, 3.05) is 18.2 Å². The zero-order valence-electron chi connectivity index (χ0n) is 11.3. The van der Waals surface area contributed by atoms with E-state index in [9.17, 15) is 8.42 Å². The number of ether oxygens (including phenoxy) is 1. The van der Waals surface area contributed by atoms with E-state index in [0.717, 1.165) is 18.6 Å². The second kappa shape index (κ2) is 6.39. The number of aryl methyl sites for hydroxylation is 1. The molecule has 0 amide bonds. The Hall–Kier alpha value is -1.07. The van der Waals surface area contributed by atoms with Gasteiger partial charge in [0, 0.05) is 6.04 Å². The Morgan fingerprint density at radius 1 is 1.42 bits per heavy atom. The molecule has 1 fully saturated rings. The Morgan fingerprint density at radius 3 is 2.95 bits per heavy atom. The Morgan fingerprint density at radius 2 is 2.26 bits per heavy atom. The number of nitrogens with one attached hydrogen (secondary N) is 1. The summed E-state index contributed by atoms with van der Waals surface area (Å²) in [5, 5.41) is 3.14. The van der Waals surface area contributed by atoms with Crippen LogP contribution >= 0.6 is 0 Å². The van der Waals surface area contributed by atoms with E-state index in [0.29, 0.717) is 13.2 Å². The SMILES string of the molecule is CCCc1cccc(OCNC2CCS(=O)(=O)C2)c1. The van der Waals surface area contributed by atoms with Crippen LogP contribution in [0.4, 0.5) is 0 Å². The van der Waals surface area contributed by atoms with E-state index in [4.69, 9.17) is 4.74 Å². The highest BCUT2D eigenvalue weighted by molar-refractivity contribution is 7.91. The first kappa shape index (κ1) is 14.3. The van der Waals surface area contributed by atoms with Gasteiger partial charge >= 0.3 is 0 Å². The van der Waals surface area contributed by atoms with E-state index in [-0.39, 0.29) is 17.5 Å². The fourth-order valence-electron chi connectivity index (χ4n) is 2.28. The zero-order valence-corrected chi connectivity index (χ0v) is 12.1. The second-order valence-corrected chi connectivity index (χ2v) is 7.22. The van der Waals surface area contributed by atoms with Gasteiger partial charge in [0.15, 0.2) is 9.84 Å². The second-order valence-electron chi connectivity index (χ2n) is 4.99. The monoisotopic (exact) mass is 283 g/mol. The predicted octanol–water partition coefficient (Wildman–Crippen LogP) is 1.75. The molecule has 1 N–H and O–H groups in total. The first-order chi connectivity index (χ1) is 9.09. The zero-order chi connectivity index (χ0) is 13.7. The van der Waals surface area contributed by atoms with Gasteiger partial charge in [-0.1, -0.05) is 25.5 Å². The Balaban J connectivity index is 1.78. The lowest BCUT2D eigenvalue weighted by molar-refractivity contribution is 0.267. The lowest BCUT2D eigenvalue weighted by Gasteiger charge is -2.12. The van der Waals surface area contributed by atoms with Gasteiger partial charge in [0.05, 0.1) is 11.5 Å². The molecule has 0 bridgehead atoms. The van der Waals surface area contributed by atoms with Gasteiger partial charge in [-0.05, 0) is 30.5 Å². The fraction of sp³-hybridized carbons (Fsp3) is 0.571. The summed E-state index contributed by atoms with van der Waals surface area (Å²) in [5.74, 6) is 1.35. The Kier molecular flexibility index (Phi) is 4.82. The number of hydrogen-bond donors (Lipinski definition) is 1. The molecule has 1 heterocycles. The molecule has 1 aliphatic heterocycles. The molecule has 0 radical (unpaired) electrons. The van der Waals surface area contributed by atoms with E-state index in [2.05, 4.69) is 18.3 Å². The van der Waals surface area contributed by atoms with Crippen LogP contribution in [0.15, 0.2) is 24.3 Å². The average Bonchev–Trinajstić information content (AvgIpc) is 2.70. The first-order valence-corrected chi connectivity index (χ1v) is 8.57. The molecule has 2 rings (SSSR count). The largest absolute Gasteiger partial charge is 0.478 e. The predicted molar refractivity (Wildman–Crippen MR) is 76.1 cm³/mol. The molecule has 5 heteroatoms. The van der Waals surface area contributed by atoms with Crippen molar-refractivity contribution in [1.29, 1.82) is 0 Å². The van der Waals surface area contributed by atoms with Crippen LogP contribution in [0.1, 0.15) is 25.3 Å². The van der Waals surface area contributed by atoms with Crippen LogP contribution in [0.2, 0.25) is 0 Å². The van der Waals surface area contributed by atoms with E-state index < -0.39 is 9.84 Å². The fourth-order valence-corrected chi connectivity index (χ4v) is 3.99. The van der Waals surface area contributed by atoms with Crippen LogP contribution in [0.3, 0.4) is 0 Å². The summed E-state index contributed by atoms with van der Waals surface area (Å²) in [7, 11) is -2.82. The average molecular weight is 283 g/mol. The standard InChI is InChI=1S/C14H21NO3S/c1-2-4-12-5-3-6-14(9-12)18-11-15-13-7-8-19(16,17)10-13/h3,5-6,9,13,15H,2,4,7-8,10-11H2,1H3. The number of benzene rings is 1. The molecule has 0 saturated carbocycles. The minimum absolute atomic E-state index is 0.0313. The van der Waals surface area contributed by atoms with Crippen molar-refractivity contribution in [2.45, 2.75) is 32.2 Å². The van der Waals surface area contributed by atoms with Gasteiger partial charge in [-0.3, -0.25) is 5.32 Å². The summed E-state index contributed by atoms with van der Waals surface area (Å²) in [6.45, 7) is 2.51. The molecule has 1 atom stereocenters. The third-order valence-electron chi connectivity index (χ3n) is 3.28. The summed E-state index contributed by atoms with van der Waals surface area (Å²) in [6.07, 6.45) is 2.84. The molecular weight excluding hydrogens is 262 g/mol. The van der Waals surface area contributed by atoms with E-state index in [1.165, 1.54) is 5.56 Å². The maximum absolute atomic E-state index is 11.3. The van der Waals surface area contributed by atoms with Crippen molar-refractivity contribution in [3.8, 4) is 5.75 Å². The van der Waals surface area contributed by atoms with Crippen molar-refractivity contribution >= 4 is 9.84 Å². The molecule has 1 aromatic rings. The smallest absolute Gasteiger partial charge is 0.151 e. The molecule has 1 saturated heterocycles. The molecule has 0 aliphatic carbocycles. The first-order valence-electron chi connectivity index (χ1n) is 6.74. The normalized spacial score (nSPS) is 21.4. The van der Waals surface area contributed by atoms with Crippen LogP contribution in [-0.2, 0) is 16.3 Å². The van der Waals surface area contributed by atoms with Gasteiger partial charge in [0.25, 0.3) is 0 Å². The lowest BCUT2D eigenvalue weighted by atomic mass is 10.1. The van der Waals surface area contributed by atoms with Crippen molar-refractivity contribution < 1.29 is 13.2 Å². The molecule has 1 aromatic carbocycles. The summed E-state index contributed by atoms with van der Waals surface area (Å²) < 4.78 is 28.2. The van der Waals surface area contributed by atoms with Gasteiger partial charge < -0.3 is 4.74 Å². The highest BCUT2D eigenvalue weighted by Crippen LogP contribution is 2.15. The molecular formula is C14H21NO3S. The van der Waals surface area contributed by atoms with Gasteiger partial charge in [-0.15, -0.1) is 0 Å². The third kappa shape index (κ3) is 4.51.